The van der Waals surface area contributed by atoms with Crippen LogP contribution in [0.15, 0.2) is 12.4 Å². The highest BCUT2D eigenvalue weighted by molar-refractivity contribution is 5.80. The molecule has 7 heteroatoms. The van der Waals surface area contributed by atoms with Gasteiger partial charge in [0.05, 0.1) is 0 Å². The molecular weight excluding hydrogens is 342 g/mol. The Bertz CT molecular complexity index is 634. The number of imidazole rings is 1. The first-order valence-electron chi connectivity index (χ1n) is 10.3. The van der Waals surface area contributed by atoms with Gasteiger partial charge >= 0.3 is 0 Å². The van der Waals surface area contributed by atoms with Crippen LogP contribution < -0.4 is 0 Å². The molecule has 2 aliphatic heterocycles. The van der Waals surface area contributed by atoms with Crippen molar-refractivity contribution < 1.29 is 9.59 Å². The van der Waals surface area contributed by atoms with Gasteiger partial charge in [0.25, 0.3) is 0 Å². The van der Waals surface area contributed by atoms with Crippen LogP contribution in [0.3, 0.4) is 0 Å². The summed E-state index contributed by atoms with van der Waals surface area (Å²) in [5.74, 6) is 1.98. The Morgan fingerprint density at radius 1 is 1.22 bits per heavy atom. The summed E-state index contributed by atoms with van der Waals surface area (Å²) < 4.78 is 2.28. The first-order valence-corrected chi connectivity index (χ1v) is 10.3. The maximum atomic E-state index is 12.5. The fraction of sp³-hybridized carbons (Fsp3) is 0.750. The normalized spacial score (nSPS) is 18.7. The van der Waals surface area contributed by atoms with Gasteiger partial charge in [-0.25, -0.2) is 4.98 Å². The molecule has 150 valence electrons. The molecule has 0 unspecified atom stereocenters. The number of aryl methyl sites for hydroxylation is 1. The molecule has 0 spiro atoms. The largest absolute Gasteiger partial charge is 0.343 e. The molecule has 0 bridgehead atoms. The van der Waals surface area contributed by atoms with E-state index >= 15 is 0 Å². The third kappa shape index (κ3) is 5.31. The molecule has 2 fully saturated rings. The smallest absolute Gasteiger partial charge is 0.224 e. The van der Waals surface area contributed by atoms with E-state index in [0.29, 0.717) is 25.3 Å². The highest BCUT2D eigenvalue weighted by atomic mass is 16.2. The van der Waals surface area contributed by atoms with Crippen molar-refractivity contribution in [3.05, 3.63) is 18.2 Å². The van der Waals surface area contributed by atoms with E-state index in [1.165, 1.54) is 5.82 Å². The molecule has 0 atom stereocenters. The van der Waals surface area contributed by atoms with Gasteiger partial charge in [0.15, 0.2) is 0 Å². The molecule has 0 aliphatic carbocycles. The second kappa shape index (κ2) is 9.35. The zero-order valence-corrected chi connectivity index (χ0v) is 16.8. The molecule has 3 rings (SSSR count). The van der Waals surface area contributed by atoms with Gasteiger partial charge in [-0.05, 0) is 46.3 Å². The summed E-state index contributed by atoms with van der Waals surface area (Å²) in [7, 11) is 4.20. The molecule has 0 N–H and O–H groups in total. The Hall–Kier alpha value is -1.89. The van der Waals surface area contributed by atoms with Crippen molar-refractivity contribution in [1.29, 1.82) is 0 Å². The predicted octanol–water partition coefficient (Wildman–Crippen LogP) is 1.55. The predicted molar refractivity (Wildman–Crippen MR) is 104 cm³/mol. The summed E-state index contributed by atoms with van der Waals surface area (Å²) >= 11 is 0. The van der Waals surface area contributed by atoms with Crippen molar-refractivity contribution >= 4 is 11.8 Å². The van der Waals surface area contributed by atoms with Crippen molar-refractivity contribution in [3.63, 3.8) is 0 Å². The van der Waals surface area contributed by atoms with E-state index < -0.39 is 0 Å². The van der Waals surface area contributed by atoms with Crippen molar-refractivity contribution in [1.82, 2.24) is 24.3 Å². The third-order valence-corrected chi connectivity index (χ3v) is 5.73. The standard InChI is InChI=1S/C20H33N5O2/c1-22(2)10-4-12-25-16-9-21-20(25)17-6-13-24(14-7-17)19(27)8-15-23-11-3-5-18(23)26/h9,16-17H,3-8,10-15H2,1-2H3. The second-order valence-corrected chi connectivity index (χ2v) is 8.03. The number of amides is 2. The molecular formula is C20H33N5O2. The maximum Gasteiger partial charge on any atom is 0.224 e. The van der Waals surface area contributed by atoms with Crippen LogP contribution in [-0.4, -0.2) is 82.9 Å². The molecule has 0 radical (unpaired) electrons. The van der Waals surface area contributed by atoms with Crippen LogP contribution in [0.25, 0.3) is 0 Å². The number of nitrogens with zero attached hydrogens (tertiary/aromatic N) is 5. The lowest BCUT2D eigenvalue weighted by molar-refractivity contribution is -0.133. The summed E-state index contributed by atoms with van der Waals surface area (Å²) in [5, 5.41) is 0. The monoisotopic (exact) mass is 375 g/mol. The van der Waals surface area contributed by atoms with E-state index in [9.17, 15) is 9.59 Å². The van der Waals surface area contributed by atoms with E-state index in [1.54, 1.807) is 0 Å². The van der Waals surface area contributed by atoms with Gasteiger partial charge in [-0.1, -0.05) is 0 Å². The summed E-state index contributed by atoms with van der Waals surface area (Å²) in [6.07, 6.45) is 9.06. The number of carbonyl (C=O) groups excluding carboxylic acids is 2. The van der Waals surface area contributed by atoms with Crippen molar-refractivity contribution in [2.75, 3.05) is 46.8 Å². The minimum Gasteiger partial charge on any atom is -0.343 e. The Balaban J connectivity index is 1.44. The van der Waals surface area contributed by atoms with Crippen LogP contribution in [0, 0.1) is 0 Å². The Morgan fingerprint density at radius 2 is 2.00 bits per heavy atom. The van der Waals surface area contributed by atoms with Gasteiger partial charge in [0.2, 0.25) is 11.8 Å². The Morgan fingerprint density at radius 3 is 2.67 bits per heavy atom. The Kier molecular flexibility index (Phi) is 6.88. The highest BCUT2D eigenvalue weighted by Gasteiger charge is 2.27. The SMILES string of the molecule is CN(C)CCCn1ccnc1C1CCN(C(=O)CCN2CCCC2=O)CC1. The molecule has 3 heterocycles. The highest BCUT2D eigenvalue weighted by Crippen LogP contribution is 2.27. The Labute approximate surface area is 162 Å². The van der Waals surface area contributed by atoms with Gasteiger partial charge in [0.1, 0.15) is 5.82 Å². The van der Waals surface area contributed by atoms with E-state index in [2.05, 4.69) is 34.7 Å². The molecule has 1 aromatic heterocycles. The van der Waals surface area contributed by atoms with Gasteiger partial charge in [-0.15, -0.1) is 0 Å². The lowest BCUT2D eigenvalue weighted by Crippen LogP contribution is -2.40. The van der Waals surface area contributed by atoms with Gasteiger partial charge in [0, 0.05) is 63.9 Å². The van der Waals surface area contributed by atoms with Gasteiger partial charge in [-0.3, -0.25) is 9.59 Å². The minimum atomic E-state index is 0.183. The van der Waals surface area contributed by atoms with E-state index in [-0.39, 0.29) is 11.8 Å². The molecule has 2 amide bonds. The van der Waals surface area contributed by atoms with E-state index in [0.717, 1.165) is 58.4 Å². The number of hydrogen-bond acceptors (Lipinski definition) is 4. The number of piperidine rings is 1. The number of likely N-dealkylation sites (tertiary alicyclic amines) is 2. The number of rotatable bonds is 8. The van der Waals surface area contributed by atoms with Crippen molar-refractivity contribution in [3.8, 4) is 0 Å². The van der Waals surface area contributed by atoms with Crippen LogP contribution >= 0.6 is 0 Å². The fourth-order valence-corrected chi connectivity index (χ4v) is 4.14. The van der Waals surface area contributed by atoms with Crippen LogP contribution in [0.5, 0.6) is 0 Å². The molecule has 0 saturated carbocycles. The number of hydrogen-bond donors (Lipinski definition) is 0. The maximum absolute atomic E-state index is 12.5. The van der Waals surface area contributed by atoms with Crippen molar-refractivity contribution in [2.24, 2.45) is 0 Å². The summed E-state index contributed by atoms with van der Waals surface area (Å²) in [5.41, 5.74) is 0. The number of aromatic nitrogens is 2. The summed E-state index contributed by atoms with van der Waals surface area (Å²) in [4.78, 5) is 34.8. The molecule has 27 heavy (non-hydrogen) atoms. The lowest BCUT2D eigenvalue weighted by Gasteiger charge is -2.32. The average Bonchev–Trinajstić information content (AvgIpc) is 3.28. The zero-order chi connectivity index (χ0) is 19.2. The summed E-state index contributed by atoms with van der Waals surface area (Å²) in [6.45, 7) is 5.04. The molecule has 7 nitrogen and oxygen atoms in total. The van der Waals surface area contributed by atoms with Gasteiger partial charge in [-0.2, -0.15) is 0 Å². The van der Waals surface area contributed by atoms with Gasteiger partial charge < -0.3 is 19.3 Å². The topological polar surface area (TPSA) is 61.7 Å². The quantitative estimate of drug-likeness (QED) is 0.692. The summed E-state index contributed by atoms with van der Waals surface area (Å²) in [6, 6.07) is 0. The lowest BCUT2D eigenvalue weighted by atomic mass is 9.95. The van der Waals surface area contributed by atoms with Crippen LogP contribution in [-0.2, 0) is 16.1 Å². The minimum absolute atomic E-state index is 0.183. The average molecular weight is 376 g/mol. The second-order valence-electron chi connectivity index (χ2n) is 8.03. The molecule has 1 aromatic rings. The molecule has 2 aliphatic rings. The zero-order valence-electron chi connectivity index (χ0n) is 16.8. The number of carbonyl (C=O) groups is 2. The molecule has 2 saturated heterocycles. The first kappa shape index (κ1) is 19.9. The van der Waals surface area contributed by atoms with Crippen LogP contribution in [0.2, 0.25) is 0 Å². The van der Waals surface area contributed by atoms with Crippen LogP contribution in [0.1, 0.15) is 50.3 Å². The van der Waals surface area contributed by atoms with E-state index in [1.807, 2.05) is 16.0 Å². The molecule has 0 aromatic carbocycles. The van der Waals surface area contributed by atoms with E-state index in [4.69, 9.17) is 0 Å². The first-order chi connectivity index (χ1) is 13.0. The fourth-order valence-electron chi connectivity index (χ4n) is 4.14. The van der Waals surface area contributed by atoms with Crippen LogP contribution in [0.4, 0.5) is 0 Å². The third-order valence-electron chi connectivity index (χ3n) is 5.73. The van der Waals surface area contributed by atoms with Crippen molar-refractivity contribution in [2.45, 2.75) is 51.0 Å².